The summed E-state index contributed by atoms with van der Waals surface area (Å²) in [5.41, 5.74) is 2.04. The van der Waals surface area contributed by atoms with Gasteiger partial charge in [0.2, 0.25) is 0 Å². The van der Waals surface area contributed by atoms with Gasteiger partial charge in [-0.05, 0) is 35.0 Å². The Morgan fingerprint density at radius 2 is 2.05 bits per heavy atom. The first kappa shape index (κ1) is 13.1. The molecule has 0 fully saturated rings. The second kappa shape index (κ2) is 5.26. The molecular formula is C13H9BrN4OS. The van der Waals surface area contributed by atoms with E-state index in [4.69, 9.17) is 0 Å². The Morgan fingerprint density at radius 3 is 2.80 bits per heavy atom. The number of aryl methyl sites for hydroxylation is 1. The molecule has 0 saturated heterocycles. The topological polar surface area (TPSA) is 67.8 Å². The number of thiazole rings is 1. The van der Waals surface area contributed by atoms with E-state index in [1.807, 2.05) is 19.1 Å². The lowest BCUT2D eigenvalue weighted by Crippen LogP contribution is -2.12. The molecule has 1 N–H and O–H groups in total. The fraction of sp³-hybridized carbons (Fsp3) is 0.0769. The molecule has 1 aromatic carbocycles. The van der Waals surface area contributed by atoms with Crippen LogP contribution in [0.3, 0.4) is 0 Å². The number of carbonyl (C=O) groups is 1. The number of rotatable bonds is 2. The van der Waals surface area contributed by atoms with Crippen molar-refractivity contribution in [3.63, 3.8) is 0 Å². The molecule has 0 spiro atoms. The summed E-state index contributed by atoms with van der Waals surface area (Å²) in [6.07, 6.45) is 4.34. The summed E-state index contributed by atoms with van der Waals surface area (Å²) < 4.78 is 1.86. The highest BCUT2D eigenvalue weighted by Gasteiger charge is 2.12. The second-order valence-corrected chi connectivity index (χ2v) is 6.09. The number of carbonyl (C=O) groups excluding carboxylic acids is 1. The Hall–Kier alpha value is -1.86. The largest absolute Gasteiger partial charge is 0.321 e. The van der Waals surface area contributed by atoms with Gasteiger partial charge in [0.25, 0.3) is 5.91 Å². The molecule has 0 unspecified atom stereocenters. The average Bonchev–Trinajstić information content (AvgIpc) is 2.84. The highest BCUT2D eigenvalue weighted by molar-refractivity contribution is 9.10. The van der Waals surface area contributed by atoms with Crippen molar-refractivity contribution < 1.29 is 4.79 Å². The molecule has 0 aliphatic carbocycles. The molecule has 0 aliphatic rings. The first-order valence-electron chi connectivity index (χ1n) is 5.77. The van der Waals surface area contributed by atoms with Crippen LogP contribution in [0, 0.1) is 6.92 Å². The van der Waals surface area contributed by atoms with Crippen LogP contribution in [-0.2, 0) is 0 Å². The van der Waals surface area contributed by atoms with E-state index in [1.54, 1.807) is 11.3 Å². The van der Waals surface area contributed by atoms with E-state index in [0.717, 1.165) is 19.7 Å². The molecule has 0 atom stereocenters. The molecule has 7 heteroatoms. The Balaban J connectivity index is 1.95. The maximum Gasteiger partial charge on any atom is 0.258 e. The van der Waals surface area contributed by atoms with Gasteiger partial charge in [0.05, 0.1) is 30.9 Å². The minimum absolute atomic E-state index is 0.244. The lowest BCUT2D eigenvalue weighted by molar-refractivity contribution is 0.102. The minimum Gasteiger partial charge on any atom is -0.321 e. The fourth-order valence-electron chi connectivity index (χ4n) is 1.78. The molecule has 0 aliphatic heterocycles. The monoisotopic (exact) mass is 348 g/mol. The zero-order valence-electron chi connectivity index (χ0n) is 10.4. The molecule has 2 heterocycles. The van der Waals surface area contributed by atoms with Crippen LogP contribution in [0.1, 0.15) is 15.4 Å². The fourth-order valence-corrected chi connectivity index (χ4v) is 3.31. The van der Waals surface area contributed by atoms with Gasteiger partial charge in [-0.15, -0.1) is 11.3 Å². The van der Waals surface area contributed by atoms with Crippen LogP contribution >= 0.6 is 27.3 Å². The Kier molecular flexibility index (Phi) is 3.45. The first-order chi connectivity index (χ1) is 9.65. The number of amides is 1. The predicted octanol–water partition coefficient (Wildman–Crippen LogP) is 3.41. The Labute approximate surface area is 127 Å². The van der Waals surface area contributed by atoms with Crippen LogP contribution < -0.4 is 5.32 Å². The van der Waals surface area contributed by atoms with E-state index < -0.39 is 0 Å². The zero-order valence-corrected chi connectivity index (χ0v) is 12.8. The number of benzene rings is 1. The maximum atomic E-state index is 12.1. The van der Waals surface area contributed by atoms with Crippen molar-refractivity contribution in [1.82, 2.24) is 15.0 Å². The zero-order chi connectivity index (χ0) is 14.1. The van der Waals surface area contributed by atoms with Crippen LogP contribution in [0.15, 0.2) is 35.3 Å². The summed E-state index contributed by atoms with van der Waals surface area (Å²) in [4.78, 5) is 24.2. The van der Waals surface area contributed by atoms with E-state index >= 15 is 0 Å². The summed E-state index contributed by atoms with van der Waals surface area (Å²) in [6.45, 7) is 1.96. The second-order valence-electron chi connectivity index (χ2n) is 4.09. The molecule has 3 aromatic rings. The summed E-state index contributed by atoms with van der Waals surface area (Å²) in [6, 6.07) is 3.72. The third kappa shape index (κ3) is 2.41. The molecule has 3 rings (SSSR count). The van der Waals surface area contributed by atoms with Crippen molar-refractivity contribution in [2.75, 3.05) is 5.32 Å². The molecule has 0 radical (unpaired) electrons. The van der Waals surface area contributed by atoms with E-state index in [2.05, 4.69) is 36.2 Å². The van der Waals surface area contributed by atoms with E-state index in [1.165, 1.54) is 18.7 Å². The SMILES string of the molecule is Cc1nc2ccc(NC(=O)c3cncnc3)c(Br)c2s1. The van der Waals surface area contributed by atoms with Gasteiger partial charge in [-0.25, -0.2) is 15.0 Å². The van der Waals surface area contributed by atoms with Gasteiger partial charge in [0, 0.05) is 12.4 Å². The van der Waals surface area contributed by atoms with Crippen LogP contribution in [0.5, 0.6) is 0 Å². The lowest BCUT2D eigenvalue weighted by atomic mass is 10.2. The van der Waals surface area contributed by atoms with Crippen molar-refractivity contribution >= 4 is 49.1 Å². The highest BCUT2D eigenvalue weighted by atomic mass is 79.9. The van der Waals surface area contributed by atoms with Crippen LogP contribution in [0.4, 0.5) is 5.69 Å². The van der Waals surface area contributed by atoms with Gasteiger partial charge < -0.3 is 5.32 Å². The normalized spacial score (nSPS) is 10.7. The molecule has 0 bridgehead atoms. The quantitative estimate of drug-likeness (QED) is 0.770. The van der Waals surface area contributed by atoms with Crippen LogP contribution in [0.2, 0.25) is 0 Å². The number of halogens is 1. The Bertz CT molecular complexity index is 788. The summed E-state index contributed by atoms with van der Waals surface area (Å²) >= 11 is 5.10. The molecule has 0 saturated carbocycles. The van der Waals surface area contributed by atoms with Crippen molar-refractivity contribution in [2.24, 2.45) is 0 Å². The molecule has 1 amide bonds. The number of aromatic nitrogens is 3. The number of fused-ring (bicyclic) bond motifs is 1. The van der Waals surface area contributed by atoms with Crippen molar-refractivity contribution in [1.29, 1.82) is 0 Å². The minimum atomic E-state index is -0.244. The summed E-state index contributed by atoms with van der Waals surface area (Å²) in [5, 5.41) is 3.83. The van der Waals surface area contributed by atoms with Gasteiger partial charge in [0.1, 0.15) is 6.33 Å². The third-order valence-corrected chi connectivity index (χ3v) is 4.77. The molecule has 20 heavy (non-hydrogen) atoms. The van der Waals surface area contributed by atoms with Gasteiger partial charge in [0.15, 0.2) is 0 Å². The van der Waals surface area contributed by atoms with Crippen molar-refractivity contribution in [2.45, 2.75) is 6.92 Å². The third-order valence-electron chi connectivity index (χ3n) is 2.67. The lowest BCUT2D eigenvalue weighted by Gasteiger charge is -2.07. The molecular weight excluding hydrogens is 340 g/mol. The Morgan fingerprint density at radius 1 is 1.30 bits per heavy atom. The molecule has 2 aromatic heterocycles. The average molecular weight is 349 g/mol. The summed E-state index contributed by atoms with van der Waals surface area (Å²) in [5.74, 6) is -0.244. The van der Waals surface area contributed by atoms with Crippen LogP contribution in [-0.4, -0.2) is 20.9 Å². The van der Waals surface area contributed by atoms with Gasteiger partial charge >= 0.3 is 0 Å². The first-order valence-corrected chi connectivity index (χ1v) is 7.38. The summed E-state index contributed by atoms with van der Waals surface area (Å²) in [7, 11) is 0. The van der Waals surface area contributed by atoms with Gasteiger partial charge in [-0.3, -0.25) is 4.79 Å². The van der Waals surface area contributed by atoms with E-state index in [0.29, 0.717) is 11.3 Å². The number of nitrogens with one attached hydrogen (secondary N) is 1. The number of nitrogens with zero attached hydrogens (tertiary/aromatic N) is 3. The maximum absolute atomic E-state index is 12.1. The number of hydrogen-bond donors (Lipinski definition) is 1. The standard InChI is InChI=1S/C13H9BrN4OS/c1-7-17-10-3-2-9(11(14)12(10)20-7)18-13(19)8-4-15-6-16-5-8/h2-6H,1H3,(H,18,19). The van der Waals surface area contributed by atoms with E-state index in [9.17, 15) is 4.79 Å². The molecule has 100 valence electrons. The van der Waals surface area contributed by atoms with Gasteiger partial charge in [-0.1, -0.05) is 0 Å². The van der Waals surface area contributed by atoms with E-state index in [-0.39, 0.29) is 5.91 Å². The van der Waals surface area contributed by atoms with Gasteiger partial charge in [-0.2, -0.15) is 0 Å². The van der Waals surface area contributed by atoms with Crippen molar-refractivity contribution in [3.05, 3.63) is 45.9 Å². The number of anilines is 1. The number of hydrogen-bond acceptors (Lipinski definition) is 5. The highest BCUT2D eigenvalue weighted by Crippen LogP contribution is 2.35. The smallest absolute Gasteiger partial charge is 0.258 e. The van der Waals surface area contributed by atoms with Crippen molar-refractivity contribution in [3.8, 4) is 0 Å². The van der Waals surface area contributed by atoms with Crippen LogP contribution in [0.25, 0.3) is 10.2 Å². The molecule has 5 nitrogen and oxygen atoms in total. The predicted molar refractivity (Wildman–Crippen MR) is 82.0 cm³/mol.